The molecule has 21 heavy (non-hydrogen) atoms. The van der Waals surface area contributed by atoms with Crippen molar-refractivity contribution in [1.29, 1.82) is 0 Å². The van der Waals surface area contributed by atoms with Gasteiger partial charge in [0.25, 0.3) is 5.91 Å². The number of benzene rings is 1. The van der Waals surface area contributed by atoms with Crippen LogP contribution < -0.4 is 4.74 Å². The number of nitrogens with zero attached hydrogens (tertiary/aromatic N) is 1. The molecule has 0 radical (unpaired) electrons. The molecule has 0 atom stereocenters. The summed E-state index contributed by atoms with van der Waals surface area (Å²) < 4.78 is 6.69. The molecule has 0 heterocycles. The van der Waals surface area contributed by atoms with Gasteiger partial charge in [0.05, 0.1) is 11.7 Å². The van der Waals surface area contributed by atoms with Gasteiger partial charge < -0.3 is 9.64 Å². The fraction of sp³-hybridized carbons (Fsp3) is 0.588. The summed E-state index contributed by atoms with van der Waals surface area (Å²) >= 11 is 3.45. The zero-order chi connectivity index (χ0) is 15.4. The maximum atomic E-state index is 12.8. The SMILES string of the molecule is CC(C)Oc1ccc(Br)cc1C(=O)N(C)C1CCCCC1. The second kappa shape index (κ2) is 7.30. The van der Waals surface area contributed by atoms with E-state index in [1.165, 1.54) is 19.3 Å². The number of rotatable bonds is 4. The molecule has 0 aliphatic heterocycles. The molecule has 1 aromatic carbocycles. The third-order valence-electron chi connectivity index (χ3n) is 3.98. The van der Waals surface area contributed by atoms with Crippen LogP contribution in [0.1, 0.15) is 56.3 Å². The smallest absolute Gasteiger partial charge is 0.257 e. The van der Waals surface area contributed by atoms with Crippen molar-refractivity contribution < 1.29 is 9.53 Å². The van der Waals surface area contributed by atoms with E-state index >= 15 is 0 Å². The van der Waals surface area contributed by atoms with E-state index in [-0.39, 0.29) is 12.0 Å². The number of carbonyl (C=O) groups is 1. The molecule has 0 N–H and O–H groups in total. The highest BCUT2D eigenvalue weighted by Crippen LogP contribution is 2.28. The molecule has 0 saturated heterocycles. The van der Waals surface area contributed by atoms with Crippen LogP contribution in [0.5, 0.6) is 5.75 Å². The fourth-order valence-corrected chi connectivity index (χ4v) is 3.21. The molecule has 1 amide bonds. The van der Waals surface area contributed by atoms with Gasteiger partial charge in [-0.1, -0.05) is 35.2 Å². The third kappa shape index (κ3) is 4.22. The van der Waals surface area contributed by atoms with E-state index in [0.29, 0.717) is 17.4 Å². The van der Waals surface area contributed by atoms with Crippen molar-refractivity contribution in [3.05, 3.63) is 28.2 Å². The molecule has 1 saturated carbocycles. The predicted octanol–water partition coefficient (Wildman–Crippen LogP) is 4.64. The lowest BCUT2D eigenvalue weighted by Gasteiger charge is -2.31. The van der Waals surface area contributed by atoms with Crippen molar-refractivity contribution in [2.75, 3.05) is 7.05 Å². The number of ether oxygens (including phenoxy) is 1. The molecule has 4 heteroatoms. The van der Waals surface area contributed by atoms with Crippen molar-refractivity contribution in [3.63, 3.8) is 0 Å². The summed E-state index contributed by atoms with van der Waals surface area (Å²) in [5, 5.41) is 0. The normalized spacial score (nSPS) is 16.0. The number of carbonyl (C=O) groups excluding carboxylic acids is 1. The lowest BCUT2D eigenvalue weighted by molar-refractivity contribution is 0.0690. The van der Waals surface area contributed by atoms with Crippen LogP contribution in [0.4, 0.5) is 0 Å². The van der Waals surface area contributed by atoms with E-state index < -0.39 is 0 Å². The first-order valence-electron chi connectivity index (χ1n) is 7.72. The van der Waals surface area contributed by atoms with E-state index in [0.717, 1.165) is 17.3 Å². The van der Waals surface area contributed by atoms with Gasteiger partial charge >= 0.3 is 0 Å². The van der Waals surface area contributed by atoms with E-state index in [2.05, 4.69) is 15.9 Å². The lowest BCUT2D eigenvalue weighted by Crippen LogP contribution is -2.38. The fourth-order valence-electron chi connectivity index (χ4n) is 2.85. The van der Waals surface area contributed by atoms with Crippen LogP contribution in [0.15, 0.2) is 22.7 Å². The Balaban J connectivity index is 2.22. The number of hydrogen-bond acceptors (Lipinski definition) is 2. The Morgan fingerprint density at radius 3 is 2.57 bits per heavy atom. The van der Waals surface area contributed by atoms with Crippen molar-refractivity contribution in [2.24, 2.45) is 0 Å². The average molecular weight is 354 g/mol. The summed E-state index contributed by atoms with van der Waals surface area (Å²) in [5.41, 5.74) is 0.645. The van der Waals surface area contributed by atoms with Crippen LogP contribution in [-0.4, -0.2) is 30.0 Å². The second-order valence-electron chi connectivity index (χ2n) is 6.01. The number of amides is 1. The van der Waals surface area contributed by atoms with Gasteiger partial charge in [-0.05, 0) is 44.9 Å². The minimum Gasteiger partial charge on any atom is -0.490 e. The van der Waals surface area contributed by atoms with Crippen LogP contribution in [-0.2, 0) is 0 Å². The molecular weight excluding hydrogens is 330 g/mol. The van der Waals surface area contributed by atoms with Gasteiger partial charge in [0, 0.05) is 17.6 Å². The van der Waals surface area contributed by atoms with Crippen LogP contribution >= 0.6 is 15.9 Å². The molecule has 2 rings (SSSR count). The van der Waals surface area contributed by atoms with E-state index in [4.69, 9.17) is 4.74 Å². The molecule has 3 nitrogen and oxygen atoms in total. The van der Waals surface area contributed by atoms with Crippen molar-refractivity contribution >= 4 is 21.8 Å². The Hall–Kier alpha value is -1.03. The first-order valence-corrected chi connectivity index (χ1v) is 8.51. The highest BCUT2D eigenvalue weighted by molar-refractivity contribution is 9.10. The number of hydrogen-bond donors (Lipinski definition) is 0. The monoisotopic (exact) mass is 353 g/mol. The Morgan fingerprint density at radius 1 is 1.29 bits per heavy atom. The third-order valence-corrected chi connectivity index (χ3v) is 4.47. The molecule has 0 bridgehead atoms. The first-order chi connectivity index (χ1) is 9.99. The molecule has 1 fully saturated rings. The minimum atomic E-state index is 0.0534. The maximum Gasteiger partial charge on any atom is 0.257 e. The van der Waals surface area contributed by atoms with Gasteiger partial charge in [-0.25, -0.2) is 0 Å². The predicted molar refractivity (Wildman–Crippen MR) is 88.9 cm³/mol. The molecule has 1 aromatic rings. The standard InChI is InChI=1S/C17H24BrNO2/c1-12(2)21-16-10-9-13(18)11-15(16)17(20)19(3)14-7-5-4-6-8-14/h9-12,14H,4-8H2,1-3H3. The quantitative estimate of drug-likeness (QED) is 0.788. The van der Waals surface area contributed by atoms with Gasteiger partial charge in [0.2, 0.25) is 0 Å². The van der Waals surface area contributed by atoms with Gasteiger partial charge in [-0.15, -0.1) is 0 Å². The van der Waals surface area contributed by atoms with E-state index in [1.54, 1.807) is 0 Å². The molecule has 1 aliphatic carbocycles. The first kappa shape index (κ1) is 16.3. The summed E-state index contributed by atoms with van der Waals surface area (Å²) in [6.07, 6.45) is 5.99. The molecule has 0 spiro atoms. The summed E-state index contributed by atoms with van der Waals surface area (Å²) in [6, 6.07) is 6.00. The maximum absolute atomic E-state index is 12.8. The molecule has 0 unspecified atom stereocenters. The highest BCUT2D eigenvalue weighted by atomic mass is 79.9. The largest absolute Gasteiger partial charge is 0.490 e. The molecular formula is C17H24BrNO2. The van der Waals surface area contributed by atoms with Gasteiger partial charge in [0.1, 0.15) is 5.75 Å². The Bertz CT molecular complexity index is 496. The van der Waals surface area contributed by atoms with Crippen molar-refractivity contribution in [3.8, 4) is 5.75 Å². The minimum absolute atomic E-state index is 0.0534. The van der Waals surface area contributed by atoms with Crippen LogP contribution in [0, 0.1) is 0 Å². The van der Waals surface area contributed by atoms with E-state index in [9.17, 15) is 4.79 Å². The molecule has 116 valence electrons. The average Bonchev–Trinajstić information content (AvgIpc) is 2.48. The van der Waals surface area contributed by atoms with Gasteiger partial charge in [-0.3, -0.25) is 4.79 Å². The Morgan fingerprint density at radius 2 is 1.95 bits per heavy atom. The molecule has 0 aromatic heterocycles. The van der Waals surface area contributed by atoms with Crippen LogP contribution in [0.3, 0.4) is 0 Å². The summed E-state index contributed by atoms with van der Waals surface area (Å²) in [6.45, 7) is 3.95. The van der Waals surface area contributed by atoms with Crippen LogP contribution in [0.2, 0.25) is 0 Å². The lowest BCUT2D eigenvalue weighted by atomic mass is 9.94. The Kier molecular flexibility index (Phi) is 5.68. The summed E-state index contributed by atoms with van der Waals surface area (Å²) in [4.78, 5) is 14.7. The summed E-state index contributed by atoms with van der Waals surface area (Å²) in [5.74, 6) is 0.722. The van der Waals surface area contributed by atoms with E-state index in [1.807, 2.05) is 44.0 Å². The highest BCUT2D eigenvalue weighted by Gasteiger charge is 2.25. The van der Waals surface area contributed by atoms with Gasteiger partial charge in [-0.2, -0.15) is 0 Å². The van der Waals surface area contributed by atoms with Crippen LogP contribution in [0.25, 0.3) is 0 Å². The topological polar surface area (TPSA) is 29.5 Å². The van der Waals surface area contributed by atoms with Gasteiger partial charge in [0.15, 0.2) is 0 Å². The zero-order valence-electron chi connectivity index (χ0n) is 13.1. The molecule has 1 aliphatic rings. The Labute approximate surface area is 135 Å². The van der Waals surface area contributed by atoms with Crippen molar-refractivity contribution in [1.82, 2.24) is 4.90 Å². The summed E-state index contributed by atoms with van der Waals surface area (Å²) in [7, 11) is 1.92. The second-order valence-corrected chi connectivity index (χ2v) is 6.93. The zero-order valence-corrected chi connectivity index (χ0v) is 14.6. The van der Waals surface area contributed by atoms with Crippen molar-refractivity contribution in [2.45, 2.75) is 58.1 Å². The number of halogens is 1.